The fourth-order valence-corrected chi connectivity index (χ4v) is 2.12. The summed E-state index contributed by atoms with van der Waals surface area (Å²) in [4.78, 5) is 16.3. The molecule has 4 heteroatoms. The molecule has 0 spiro atoms. The molecule has 0 unspecified atom stereocenters. The minimum absolute atomic E-state index is 0.0908. The van der Waals surface area contributed by atoms with E-state index >= 15 is 0 Å². The summed E-state index contributed by atoms with van der Waals surface area (Å²) in [5, 5.41) is 4.17. The lowest BCUT2D eigenvalue weighted by atomic mass is 9.96. The molecule has 0 saturated carbocycles. The van der Waals surface area contributed by atoms with Crippen molar-refractivity contribution in [3.63, 3.8) is 0 Å². The van der Waals surface area contributed by atoms with Crippen LogP contribution in [-0.2, 0) is 4.79 Å². The molecule has 0 saturated heterocycles. The van der Waals surface area contributed by atoms with Crippen LogP contribution in [0.2, 0.25) is 0 Å². The molecule has 1 aromatic heterocycles. The summed E-state index contributed by atoms with van der Waals surface area (Å²) in [7, 11) is 0. The third-order valence-electron chi connectivity index (χ3n) is 3.34. The van der Waals surface area contributed by atoms with Crippen molar-refractivity contribution in [1.82, 2.24) is 10.4 Å². The number of nitrogens with one attached hydrogen (secondary N) is 1. The van der Waals surface area contributed by atoms with Crippen molar-refractivity contribution in [2.24, 2.45) is 5.10 Å². The van der Waals surface area contributed by atoms with Crippen molar-refractivity contribution in [3.8, 4) is 0 Å². The Labute approximate surface area is 124 Å². The monoisotopic (exact) mass is 281 g/mol. The van der Waals surface area contributed by atoms with Gasteiger partial charge in [0.05, 0.1) is 11.6 Å². The van der Waals surface area contributed by atoms with E-state index in [4.69, 9.17) is 0 Å². The van der Waals surface area contributed by atoms with Gasteiger partial charge in [0.2, 0.25) is 5.91 Å². The number of carbonyl (C=O) groups is 1. The molecule has 1 amide bonds. The van der Waals surface area contributed by atoms with Crippen molar-refractivity contribution in [1.29, 1.82) is 0 Å². The third kappa shape index (κ3) is 3.99. The number of benzene rings is 1. The smallest absolute Gasteiger partial charge is 0.247 e. The zero-order valence-electron chi connectivity index (χ0n) is 12.3. The molecule has 1 N–H and O–H groups in total. The highest BCUT2D eigenvalue weighted by molar-refractivity contribution is 5.99. The molecular weight excluding hydrogens is 262 g/mol. The molecule has 108 valence electrons. The second-order valence-electron chi connectivity index (χ2n) is 4.79. The van der Waals surface area contributed by atoms with E-state index in [2.05, 4.69) is 15.5 Å². The van der Waals surface area contributed by atoms with Gasteiger partial charge >= 0.3 is 0 Å². The summed E-state index contributed by atoms with van der Waals surface area (Å²) in [5.41, 5.74) is 5.29. The van der Waals surface area contributed by atoms with E-state index in [9.17, 15) is 4.79 Å². The van der Waals surface area contributed by atoms with Crippen LogP contribution in [0.1, 0.15) is 37.3 Å². The van der Waals surface area contributed by atoms with Gasteiger partial charge in [-0.2, -0.15) is 5.10 Å². The minimum atomic E-state index is -0.184. The number of hydrazone groups is 1. The van der Waals surface area contributed by atoms with Gasteiger partial charge in [0.25, 0.3) is 0 Å². The van der Waals surface area contributed by atoms with Gasteiger partial charge < -0.3 is 0 Å². The SMILES string of the molecule is CC[C@H](C(=O)N/N=C(/C)c1cccnc1)c1ccccc1. The predicted octanol–water partition coefficient (Wildman–Crippen LogP) is 3.12. The Bertz CT molecular complexity index is 608. The van der Waals surface area contributed by atoms with Crippen molar-refractivity contribution in [2.75, 3.05) is 0 Å². The van der Waals surface area contributed by atoms with Crippen LogP contribution in [0, 0.1) is 0 Å². The highest BCUT2D eigenvalue weighted by Crippen LogP contribution is 2.19. The van der Waals surface area contributed by atoms with Gasteiger partial charge in [-0.25, -0.2) is 5.43 Å². The number of aromatic nitrogens is 1. The van der Waals surface area contributed by atoms with Crippen LogP contribution in [0.25, 0.3) is 0 Å². The maximum atomic E-state index is 12.3. The molecule has 0 aliphatic rings. The molecule has 1 heterocycles. The Kier molecular flexibility index (Phi) is 5.21. The molecule has 0 radical (unpaired) electrons. The molecule has 4 nitrogen and oxygen atoms in total. The van der Waals surface area contributed by atoms with Gasteiger partial charge in [0, 0.05) is 18.0 Å². The number of hydrogen-bond acceptors (Lipinski definition) is 3. The number of nitrogens with zero attached hydrogens (tertiary/aromatic N) is 2. The van der Waals surface area contributed by atoms with Crippen LogP contribution in [0.5, 0.6) is 0 Å². The van der Waals surface area contributed by atoms with Crippen molar-refractivity contribution >= 4 is 11.6 Å². The van der Waals surface area contributed by atoms with E-state index in [1.54, 1.807) is 12.4 Å². The summed E-state index contributed by atoms with van der Waals surface area (Å²) in [6, 6.07) is 13.5. The molecule has 0 aliphatic heterocycles. The van der Waals surface area contributed by atoms with Crippen LogP contribution in [-0.4, -0.2) is 16.6 Å². The van der Waals surface area contributed by atoms with Crippen LogP contribution in [0.3, 0.4) is 0 Å². The fourth-order valence-electron chi connectivity index (χ4n) is 2.12. The Morgan fingerprint density at radius 2 is 2.00 bits per heavy atom. The molecular formula is C17H19N3O. The summed E-state index contributed by atoms with van der Waals surface area (Å²) in [5.74, 6) is -0.274. The molecule has 0 fully saturated rings. The summed E-state index contributed by atoms with van der Waals surface area (Å²) < 4.78 is 0. The number of carbonyl (C=O) groups excluding carboxylic acids is 1. The molecule has 0 bridgehead atoms. The average molecular weight is 281 g/mol. The second kappa shape index (κ2) is 7.33. The second-order valence-corrected chi connectivity index (χ2v) is 4.79. The molecule has 1 aromatic carbocycles. The first-order chi connectivity index (χ1) is 10.2. The quantitative estimate of drug-likeness (QED) is 0.676. The maximum Gasteiger partial charge on any atom is 0.247 e. The van der Waals surface area contributed by atoms with Gasteiger partial charge in [0.15, 0.2) is 0 Å². The largest absolute Gasteiger partial charge is 0.272 e. The topological polar surface area (TPSA) is 54.4 Å². The van der Waals surface area contributed by atoms with Gasteiger partial charge in [-0.1, -0.05) is 43.3 Å². The summed E-state index contributed by atoms with van der Waals surface area (Å²) >= 11 is 0. The first-order valence-corrected chi connectivity index (χ1v) is 7.02. The Balaban J connectivity index is 2.07. The first kappa shape index (κ1) is 14.9. The van der Waals surface area contributed by atoms with Gasteiger partial charge in [0.1, 0.15) is 0 Å². The normalized spacial score (nSPS) is 12.8. The van der Waals surface area contributed by atoms with E-state index in [0.29, 0.717) is 0 Å². The van der Waals surface area contributed by atoms with Crippen LogP contribution < -0.4 is 5.43 Å². The molecule has 2 aromatic rings. The Morgan fingerprint density at radius 1 is 1.24 bits per heavy atom. The Morgan fingerprint density at radius 3 is 2.62 bits per heavy atom. The molecule has 0 aliphatic carbocycles. The third-order valence-corrected chi connectivity index (χ3v) is 3.34. The highest BCUT2D eigenvalue weighted by atomic mass is 16.2. The van der Waals surface area contributed by atoms with Gasteiger partial charge in [-0.05, 0) is 25.0 Å². The lowest BCUT2D eigenvalue weighted by molar-refractivity contribution is -0.122. The summed E-state index contributed by atoms with van der Waals surface area (Å²) in [6.45, 7) is 3.84. The molecule has 1 atom stereocenters. The van der Waals surface area contributed by atoms with Gasteiger partial charge in [-0.15, -0.1) is 0 Å². The van der Waals surface area contributed by atoms with E-state index < -0.39 is 0 Å². The highest BCUT2D eigenvalue weighted by Gasteiger charge is 2.17. The standard InChI is InChI=1S/C17H19N3O/c1-3-16(14-8-5-4-6-9-14)17(21)20-19-13(2)15-10-7-11-18-12-15/h4-12,16H,3H2,1-2H3,(H,20,21)/b19-13-/t16-/m0/s1. The maximum absolute atomic E-state index is 12.3. The number of rotatable bonds is 5. The zero-order valence-corrected chi connectivity index (χ0v) is 12.3. The minimum Gasteiger partial charge on any atom is -0.272 e. The van der Waals surface area contributed by atoms with Crippen molar-refractivity contribution < 1.29 is 4.79 Å². The number of hydrogen-bond donors (Lipinski definition) is 1. The van der Waals surface area contributed by atoms with E-state index in [1.165, 1.54) is 0 Å². The van der Waals surface area contributed by atoms with E-state index in [0.717, 1.165) is 23.3 Å². The molecule has 21 heavy (non-hydrogen) atoms. The zero-order chi connectivity index (χ0) is 15.1. The first-order valence-electron chi connectivity index (χ1n) is 7.02. The van der Waals surface area contributed by atoms with Crippen LogP contribution in [0.15, 0.2) is 60.0 Å². The average Bonchev–Trinajstić information content (AvgIpc) is 2.55. The van der Waals surface area contributed by atoms with E-state index in [-0.39, 0.29) is 11.8 Å². The Hall–Kier alpha value is -2.49. The lowest BCUT2D eigenvalue weighted by Gasteiger charge is -2.13. The fraction of sp³-hybridized carbons (Fsp3) is 0.235. The van der Waals surface area contributed by atoms with Crippen LogP contribution >= 0.6 is 0 Å². The number of pyridine rings is 1. The molecule has 2 rings (SSSR count). The number of amides is 1. The summed E-state index contributed by atoms with van der Waals surface area (Å²) in [6.07, 6.45) is 4.16. The van der Waals surface area contributed by atoms with Crippen LogP contribution in [0.4, 0.5) is 0 Å². The van der Waals surface area contributed by atoms with E-state index in [1.807, 2.05) is 56.3 Å². The van der Waals surface area contributed by atoms with Crippen molar-refractivity contribution in [2.45, 2.75) is 26.2 Å². The van der Waals surface area contributed by atoms with Crippen molar-refractivity contribution in [3.05, 3.63) is 66.0 Å². The lowest BCUT2D eigenvalue weighted by Crippen LogP contribution is -2.26. The predicted molar refractivity (Wildman–Crippen MR) is 84.1 cm³/mol. The van der Waals surface area contributed by atoms with Gasteiger partial charge in [-0.3, -0.25) is 9.78 Å².